The summed E-state index contributed by atoms with van der Waals surface area (Å²) in [4.78, 5) is 18.4. The van der Waals surface area contributed by atoms with Gasteiger partial charge >= 0.3 is 17.1 Å². The monoisotopic (exact) mass is 835 g/mol. The maximum atomic E-state index is 5.61. The van der Waals surface area contributed by atoms with E-state index in [9.17, 15) is 0 Å². The number of H-pyrrole nitrogens is 2. The van der Waals surface area contributed by atoms with Crippen LogP contribution in [0.1, 0.15) is 95.1 Å². The molecule has 61 heavy (non-hydrogen) atoms. The predicted molar refractivity (Wildman–Crippen MR) is 252 cm³/mol. The molecule has 0 amide bonds. The van der Waals surface area contributed by atoms with Crippen molar-refractivity contribution in [2.45, 2.75) is 83.1 Å². The first kappa shape index (κ1) is 41.7. The predicted octanol–water partition coefficient (Wildman–Crippen LogP) is 14.1. The summed E-state index contributed by atoms with van der Waals surface area (Å²) in [6.07, 6.45) is 8.01. The minimum absolute atomic E-state index is 0. The quantitative estimate of drug-likeness (QED) is 0.137. The fraction of sp³-hybridized carbons (Fsp3) is 0.214. The van der Waals surface area contributed by atoms with E-state index in [4.69, 9.17) is 9.97 Å². The number of hydrogen-bond donors (Lipinski definition) is 2. The van der Waals surface area contributed by atoms with Crippen molar-refractivity contribution in [2.24, 2.45) is 0 Å². The molecule has 2 aliphatic heterocycles. The van der Waals surface area contributed by atoms with E-state index < -0.39 is 0 Å². The summed E-state index contributed by atoms with van der Waals surface area (Å²) in [5.41, 5.74) is 30.5. The third-order valence-electron chi connectivity index (χ3n) is 12.1. The van der Waals surface area contributed by atoms with Gasteiger partial charge in [0, 0.05) is 27.9 Å². The second kappa shape index (κ2) is 15.8. The molecule has 0 saturated carbocycles. The van der Waals surface area contributed by atoms with Crippen molar-refractivity contribution in [3.8, 4) is 33.4 Å². The average Bonchev–Trinajstić information content (AvgIpc) is 3.94. The number of aromatic amines is 2. The fourth-order valence-corrected chi connectivity index (χ4v) is 10.3. The van der Waals surface area contributed by atoms with Crippen LogP contribution >= 0.6 is 0 Å². The molecule has 4 aromatic carbocycles. The molecule has 5 heterocycles. The van der Waals surface area contributed by atoms with Crippen molar-refractivity contribution in [2.75, 3.05) is 0 Å². The van der Waals surface area contributed by atoms with Gasteiger partial charge in [0.15, 0.2) is 0 Å². The van der Waals surface area contributed by atoms with E-state index in [1.807, 2.05) is 6.07 Å². The van der Waals surface area contributed by atoms with Gasteiger partial charge in [0.1, 0.15) is 0 Å². The van der Waals surface area contributed by atoms with Gasteiger partial charge in [-0.2, -0.15) is 16.8 Å². The van der Waals surface area contributed by atoms with Crippen LogP contribution in [0.4, 0.5) is 0 Å². The minimum atomic E-state index is 0. The number of fused-ring (bicyclic) bond motifs is 8. The Morgan fingerprint density at radius 3 is 1.39 bits per heavy atom. The van der Waals surface area contributed by atoms with E-state index in [1.165, 1.54) is 77.9 Å². The Kier molecular flexibility index (Phi) is 10.8. The smallest absolute Gasteiger partial charge is 0.502 e. The van der Waals surface area contributed by atoms with E-state index in [1.54, 1.807) is 0 Å². The van der Waals surface area contributed by atoms with E-state index in [2.05, 4.69) is 184 Å². The fourth-order valence-electron chi connectivity index (χ4n) is 10.3. The van der Waals surface area contributed by atoms with Crippen molar-refractivity contribution in [3.05, 3.63) is 180 Å². The topological polar surface area (TPSA) is 57.4 Å². The Morgan fingerprint density at radius 1 is 0.443 bits per heavy atom. The molecule has 0 spiro atoms. The average molecular weight is 836 g/mol. The van der Waals surface area contributed by atoms with Gasteiger partial charge in [0.2, 0.25) is 0 Å². The molecule has 5 heteroatoms. The zero-order valence-corrected chi connectivity index (χ0v) is 38.4. The number of nitrogens with zero attached hydrogens (tertiary/aromatic N) is 2. The van der Waals surface area contributed by atoms with Crippen LogP contribution in [0.2, 0.25) is 0 Å². The summed E-state index contributed by atoms with van der Waals surface area (Å²) in [6.45, 7) is 26.6. The summed E-state index contributed by atoms with van der Waals surface area (Å²) in [5.74, 6) is 0. The van der Waals surface area contributed by atoms with E-state index >= 15 is 0 Å². The maximum absolute atomic E-state index is 5.61. The molecular weight excluding hydrogens is 784 g/mol. The molecule has 0 saturated heterocycles. The molecule has 1 radical (unpaired) electrons. The number of hydrogen-bond acceptors (Lipinski definition) is 2. The summed E-state index contributed by atoms with van der Waals surface area (Å²) >= 11 is 0. The number of benzene rings is 4. The number of nitrogens with one attached hydrogen (secondary N) is 2. The largest absolute Gasteiger partial charge is 3.00 e. The minimum Gasteiger partial charge on any atom is -0.502 e. The van der Waals surface area contributed by atoms with Crippen molar-refractivity contribution in [1.82, 2.24) is 19.9 Å². The van der Waals surface area contributed by atoms with Gasteiger partial charge < -0.3 is 27.1 Å². The van der Waals surface area contributed by atoms with Gasteiger partial charge in [-0.3, -0.25) is 17.1 Å². The number of rotatable bonds is 4. The van der Waals surface area contributed by atoms with Gasteiger partial charge in [0.05, 0.1) is 5.69 Å². The van der Waals surface area contributed by atoms with Crippen molar-refractivity contribution >= 4 is 39.8 Å². The first-order valence-corrected chi connectivity index (χ1v) is 20.9. The Morgan fingerprint density at radius 2 is 0.885 bits per heavy atom. The molecule has 303 valence electrons. The molecule has 0 unspecified atom stereocenters. The molecule has 0 aliphatic carbocycles. The van der Waals surface area contributed by atoms with Crippen molar-refractivity contribution in [3.63, 3.8) is 0 Å². The number of aromatic nitrogens is 4. The van der Waals surface area contributed by atoms with Crippen LogP contribution in [-0.2, 0) is 17.1 Å². The molecule has 8 bridgehead atoms. The third kappa shape index (κ3) is 7.45. The van der Waals surface area contributed by atoms with Crippen LogP contribution in [0, 0.1) is 101 Å². The van der Waals surface area contributed by atoms with Crippen LogP contribution in [0.25, 0.3) is 73.2 Å². The summed E-state index contributed by atoms with van der Waals surface area (Å²) < 4.78 is 0. The Hall–Kier alpha value is -6.00. The van der Waals surface area contributed by atoms with E-state index in [-0.39, 0.29) is 17.1 Å². The summed E-state index contributed by atoms with van der Waals surface area (Å²) in [6, 6.07) is 31.6. The first-order valence-electron chi connectivity index (χ1n) is 20.9. The molecular formula is C56H51FeN4. The van der Waals surface area contributed by atoms with Gasteiger partial charge in [-0.1, -0.05) is 95.9 Å². The van der Waals surface area contributed by atoms with Crippen LogP contribution in [0.5, 0.6) is 0 Å². The normalized spacial score (nSPS) is 12.2. The van der Waals surface area contributed by atoms with Gasteiger partial charge in [-0.25, -0.2) is 11.1 Å². The second-order valence-corrected chi connectivity index (χ2v) is 17.4. The van der Waals surface area contributed by atoms with E-state index in [0.29, 0.717) is 11.2 Å². The second-order valence-electron chi connectivity index (χ2n) is 17.4. The zero-order valence-electron chi connectivity index (χ0n) is 37.3. The molecule has 0 fully saturated rings. The van der Waals surface area contributed by atoms with E-state index in [0.717, 1.165) is 67.0 Å². The maximum Gasteiger partial charge on any atom is 3.00 e. The van der Waals surface area contributed by atoms with Crippen molar-refractivity contribution in [1.29, 1.82) is 0 Å². The van der Waals surface area contributed by atoms with Crippen LogP contribution in [-0.4, -0.2) is 19.9 Å². The van der Waals surface area contributed by atoms with Crippen LogP contribution in [0.3, 0.4) is 0 Å². The molecule has 3 aromatic heterocycles. The molecule has 2 aliphatic rings. The molecule has 2 N–H and O–H groups in total. The Balaban J connectivity index is 0.00000514. The molecule has 4 nitrogen and oxygen atoms in total. The molecule has 9 rings (SSSR count). The summed E-state index contributed by atoms with van der Waals surface area (Å²) in [7, 11) is 0. The Bertz CT molecular complexity index is 3130. The van der Waals surface area contributed by atoms with Crippen LogP contribution < -0.4 is 0 Å². The summed E-state index contributed by atoms with van der Waals surface area (Å²) in [5, 5.41) is 0. The SMILES string of the molecule is Cc1cc(C)c(C2=[C-]c3[c-]c4[c-]cc(cc5nc(cc6[nH]c(c(-c7c(C)cc(C)cc7C)c2n3)c(-c2c(C)cc(C)cc2C)c6-c2c(C)cc(C)cc2C)C=C5)[nH]4)c(C)c1.[Fe+3]. The number of aryl methyl sites for hydroxylation is 12. The van der Waals surface area contributed by atoms with Crippen molar-refractivity contribution < 1.29 is 17.1 Å². The van der Waals surface area contributed by atoms with Gasteiger partial charge in [-0.15, -0.1) is 17.2 Å². The van der Waals surface area contributed by atoms with Crippen LogP contribution in [0.15, 0.2) is 66.7 Å². The first-order chi connectivity index (χ1) is 28.6. The third-order valence-corrected chi connectivity index (χ3v) is 12.1. The zero-order chi connectivity index (χ0) is 42.3. The van der Waals surface area contributed by atoms with Gasteiger partial charge in [0.25, 0.3) is 0 Å². The Labute approximate surface area is 371 Å². The molecule has 0 atom stereocenters. The van der Waals surface area contributed by atoms with Gasteiger partial charge in [-0.05, 0) is 138 Å². The standard InChI is InChI=1S/C56H51N4.Fe/c1-29-17-33(5)48(34(6)18-29)46-27-45-26-43-14-13-41(57-43)25-42-15-16-44(58-42)28-47-52(49-35(7)19-30(2)20-36(49)8)53(50-37(9)21-31(3)22-38(50)10)56(60-47)54(55(46)59-45)51-39(11)23-32(4)24-40(51)12;/h13,15-25,28,57,60H,1-12H3;/q-3;+3. The molecule has 7 aromatic rings.